The molecule has 0 saturated heterocycles. The van der Waals surface area contributed by atoms with Crippen LogP contribution in [-0.2, 0) is 4.79 Å². The van der Waals surface area contributed by atoms with Crippen molar-refractivity contribution in [3.8, 4) is 0 Å². The second-order valence-corrected chi connectivity index (χ2v) is 4.63. The number of carbonyl (C=O) groups is 3. The number of hydrogen-bond acceptors (Lipinski definition) is 4. The maximum Gasteiger partial charge on any atom is 0.337 e. The van der Waals surface area contributed by atoms with E-state index in [0.717, 1.165) is 0 Å². The van der Waals surface area contributed by atoms with Crippen molar-refractivity contribution in [2.24, 2.45) is 0 Å². The zero-order valence-corrected chi connectivity index (χ0v) is 11.9. The normalized spacial score (nSPS) is 9.91. The number of carbonyl (C=O) groups excluding carboxylic acids is 1. The number of amides is 1. The van der Waals surface area contributed by atoms with E-state index in [1.54, 1.807) is 30.3 Å². The number of para-hydroxylation sites is 1. The Morgan fingerprint density at radius 3 is 2.17 bits per heavy atom. The minimum atomic E-state index is -1.12. The first-order valence-corrected chi connectivity index (χ1v) is 6.67. The van der Waals surface area contributed by atoms with Crippen LogP contribution in [0.5, 0.6) is 0 Å². The molecule has 0 aliphatic rings. The van der Waals surface area contributed by atoms with Crippen molar-refractivity contribution >= 4 is 29.2 Å². The third kappa shape index (κ3) is 4.31. The fourth-order valence-electron chi connectivity index (χ4n) is 1.90. The van der Waals surface area contributed by atoms with Gasteiger partial charge in [0.15, 0.2) is 0 Å². The molecule has 4 N–H and O–H groups in total. The number of hydrogen-bond donors (Lipinski definition) is 4. The van der Waals surface area contributed by atoms with Gasteiger partial charge in [-0.3, -0.25) is 9.59 Å². The maximum atomic E-state index is 11.7. The van der Waals surface area contributed by atoms with Crippen LogP contribution >= 0.6 is 0 Å². The van der Waals surface area contributed by atoms with Crippen LogP contribution in [0.4, 0.5) is 11.4 Å². The van der Waals surface area contributed by atoms with E-state index < -0.39 is 24.4 Å². The van der Waals surface area contributed by atoms with Gasteiger partial charge in [0.1, 0.15) is 6.54 Å². The number of carboxylic acid groups (broad SMARTS) is 2. The van der Waals surface area contributed by atoms with E-state index in [9.17, 15) is 14.4 Å². The SMILES string of the molecule is O=C(O)CNC(=O)c1ccc(Nc2ccccc2C(=O)O)cc1. The predicted octanol–water partition coefficient (Wildman–Crippen LogP) is 1.94. The van der Waals surface area contributed by atoms with Crippen LogP contribution < -0.4 is 10.6 Å². The number of anilines is 2. The third-order valence-electron chi connectivity index (χ3n) is 2.98. The smallest absolute Gasteiger partial charge is 0.337 e. The predicted molar refractivity (Wildman–Crippen MR) is 83.1 cm³/mol. The molecule has 0 bridgehead atoms. The van der Waals surface area contributed by atoms with Crippen LogP contribution in [-0.4, -0.2) is 34.6 Å². The number of benzene rings is 2. The van der Waals surface area contributed by atoms with Gasteiger partial charge in [-0.25, -0.2) is 4.79 Å². The number of aromatic carboxylic acids is 1. The van der Waals surface area contributed by atoms with Crippen LogP contribution in [0.15, 0.2) is 48.5 Å². The molecular formula is C16H14N2O5. The fourth-order valence-corrected chi connectivity index (χ4v) is 1.90. The zero-order valence-electron chi connectivity index (χ0n) is 11.9. The van der Waals surface area contributed by atoms with Gasteiger partial charge in [0, 0.05) is 11.3 Å². The summed E-state index contributed by atoms with van der Waals surface area (Å²) in [6.45, 7) is -0.454. The van der Waals surface area contributed by atoms with E-state index in [4.69, 9.17) is 10.2 Å². The first kappa shape index (κ1) is 16.0. The largest absolute Gasteiger partial charge is 0.480 e. The minimum Gasteiger partial charge on any atom is -0.480 e. The Morgan fingerprint density at radius 1 is 0.913 bits per heavy atom. The van der Waals surface area contributed by atoms with Crippen molar-refractivity contribution < 1.29 is 24.6 Å². The van der Waals surface area contributed by atoms with Crippen molar-refractivity contribution in [1.29, 1.82) is 0 Å². The molecule has 0 saturated carbocycles. The maximum absolute atomic E-state index is 11.7. The van der Waals surface area contributed by atoms with Crippen molar-refractivity contribution in [1.82, 2.24) is 5.32 Å². The summed E-state index contributed by atoms with van der Waals surface area (Å²) in [5.41, 5.74) is 1.48. The second-order valence-electron chi connectivity index (χ2n) is 4.63. The molecule has 0 aromatic heterocycles. The van der Waals surface area contributed by atoms with Crippen molar-refractivity contribution in [2.45, 2.75) is 0 Å². The quantitative estimate of drug-likeness (QED) is 0.647. The lowest BCUT2D eigenvalue weighted by atomic mass is 10.1. The van der Waals surface area contributed by atoms with Crippen LogP contribution in [0.3, 0.4) is 0 Å². The average molecular weight is 314 g/mol. The summed E-state index contributed by atoms with van der Waals surface area (Å²) >= 11 is 0. The van der Waals surface area contributed by atoms with Gasteiger partial charge in [0.25, 0.3) is 5.91 Å². The molecule has 1 amide bonds. The second kappa shape index (κ2) is 7.08. The van der Waals surface area contributed by atoms with E-state index in [1.807, 2.05) is 0 Å². The van der Waals surface area contributed by atoms with Gasteiger partial charge in [-0.2, -0.15) is 0 Å². The van der Waals surface area contributed by atoms with E-state index >= 15 is 0 Å². The molecule has 7 heteroatoms. The molecule has 118 valence electrons. The molecule has 0 spiro atoms. The third-order valence-corrected chi connectivity index (χ3v) is 2.98. The number of nitrogens with one attached hydrogen (secondary N) is 2. The van der Waals surface area contributed by atoms with E-state index in [1.165, 1.54) is 18.2 Å². The van der Waals surface area contributed by atoms with Gasteiger partial charge in [-0.1, -0.05) is 12.1 Å². The van der Waals surface area contributed by atoms with Crippen molar-refractivity contribution in [3.05, 3.63) is 59.7 Å². The lowest BCUT2D eigenvalue weighted by Crippen LogP contribution is -2.29. The van der Waals surface area contributed by atoms with E-state index in [0.29, 0.717) is 16.9 Å². The molecule has 7 nitrogen and oxygen atoms in total. The Balaban J connectivity index is 2.10. The number of rotatable bonds is 6. The molecule has 2 aromatic carbocycles. The van der Waals surface area contributed by atoms with Gasteiger partial charge >= 0.3 is 11.9 Å². The molecule has 0 atom stereocenters. The lowest BCUT2D eigenvalue weighted by Gasteiger charge is -2.10. The molecule has 2 aromatic rings. The molecule has 0 radical (unpaired) electrons. The van der Waals surface area contributed by atoms with Crippen molar-refractivity contribution in [2.75, 3.05) is 11.9 Å². The zero-order chi connectivity index (χ0) is 16.8. The topological polar surface area (TPSA) is 116 Å². The van der Waals surface area contributed by atoms with Gasteiger partial charge in [-0.05, 0) is 36.4 Å². The molecule has 0 fully saturated rings. The van der Waals surface area contributed by atoms with Gasteiger partial charge < -0.3 is 20.8 Å². The lowest BCUT2D eigenvalue weighted by molar-refractivity contribution is -0.135. The summed E-state index contributed by atoms with van der Waals surface area (Å²) in [5.74, 6) is -2.66. The summed E-state index contributed by atoms with van der Waals surface area (Å²) in [4.78, 5) is 33.2. The summed E-state index contributed by atoms with van der Waals surface area (Å²) in [6.07, 6.45) is 0. The summed E-state index contributed by atoms with van der Waals surface area (Å²) < 4.78 is 0. The summed E-state index contributed by atoms with van der Waals surface area (Å²) in [7, 11) is 0. The van der Waals surface area contributed by atoms with Gasteiger partial charge in [-0.15, -0.1) is 0 Å². The Kier molecular flexibility index (Phi) is 4.93. The number of aliphatic carboxylic acids is 1. The first-order chi connectivity index (χ1) is 11.0. The standard InChI is InChI=1S/C16H14N2O5/c19-14(20)9-17-15(21)10-5-7-11(8-6-10)18-13-4-2-1-3-12(13)16(22)23/h1-8,18H,9H2,(H,17,21)(H,19,20)(H,22,23). The van der Waals surface area contributed by atoms with E-state index in [-0.39, 0.29) is 5.56 Å². The van der Waals surface area contributed by atoms with Crippen LogP contribution in [0, 0.1) is 0 Å². The summed E-state index contributed by atoms with van der Waals surface area (Å²) in [6, 6.07) is 12.7. The average Bonchev–Trinajstić information content (AvgIpc) is 2.53. The molecule has 0 aliphatic carbocycles. The molecular weight excluding hydrogens is 300 g/mol. The Morgan fingerprint density at radius 2 is 1.57 bits per heavy atom. The minimum absolute atomic E-state index is 0.135. The molecule has 23 heavy (non-hydrogen) atoms. The molecule has 0 heterocycles. The highest BCUT2D eigenvalue weighted by Crippen LogP contribution is 2.21. The highest BCUT2D eigenvalue weighted by molar-refractivity contribution is 5.97. The highest BCUT2D eigenvalue weighted by Gasteiger charge is 2.10. The van der Waals surface area contributed by atoms with Crippen LogP contribution in [0.1, 0.15) is 20.7 Å². The van der Waals surface area contributed by atoms with Crippen molar-refractivity contribution in [3.63, 3.8) is 0 Å². The van der Waals surface area contributed by atoms with Gasteiger partial charge in [0.05, 0.1) is 11.3 Å². The molecule has 0 unspecified atom stereocenters. The molecule has 0 aliphatic heterocycles. The van der Waals surface area contributed by atoms with Crippen LogP contribution in [0.2, 0.25) is 0 Å². The van der Waals surface area contributed by atoms with Crippen LogP contribution in [0.25, 0.3) is 0 Å². The fraction of sp³-hybridized carbons (Fsp3) is 0.0625. The Bertz CT molecular complexity index is 740. The Labute approximate surface area is 131 Å². The molecule has 2 rings (SSSR count). The first-order valence-electron chi connectivity index (χ1n) is 6.67. The monoisotopic (exact) mass is 314 g/mol. The number of carboxylic acids is 2. The summed E-state index contributed by atoms with van der Waals surface area (Å²) in [5, 5.41) is 22.9. The highest BCUT2D eigenvalue weighted by atomic mass is 16.4. The van der Waals surface area contributed by atoms with E-state index in [2.05, 4.69) is 10.6 Å². The van der Waals surface area contributed by atoms with Gasteiger partial charge in [0.2, 0.25) is 0 Å². The Hall–Kier alpha value is -3.35.